The van der Waals surface area contributed by atoms with Crippen LogP contribution in [0.15, 0.2) is 30.0 Å². The maximum atomic E-state index is 8.95. The second-order valence-electron chi connectivity index (χ2n) is 10.1. The van der Waals surface area contributed by atoms with E-state index in [1.165, 1.54) is 96.3 Å². The summed E-state index contributed by atoms with van der Waals surface area (Å²) >= 11 is 0. The van der Waals surface area contributed by atoms with Crippen molar-refractivity contribution in [3.63, 3.8) is 0 Å². The van der Waals surface area contributed by atoms with E-state index < -0.39 is 0 Å². The number of aliphatic hydroxyl groups is 1. The van der Waals surface area contributed by atoms with Crippen LogP contribution in [-0.4, -0.2) is 11.1 Å². The number of nitrogens with zero attached hydrogens (tertiary/aromatic N) is 1. The highest BCUT2D eigenvalue weighted by Gasteiger charge is 2.20. The van der Waals surface area contributed by atoms with Crippen LogP contribution < -0.4 is 0 Å². The van der Waals surface area contributed by atoms with Crippen LogP contribution >= 0.6 is 0 Å². The molecule has 0 aromatic heterocycles. The summed E-state index contributed by atoms with van der Waals surface area (Å²) in [7, 11) is 0. The fourth-order valence-electron chi connectivity index (χ4n) is 5.33. The van der Waals surface area contributed by atoms with Crippen molar-refractivity contribution in [2.45, 2.75) is 129 Å². The monoisotopic (exact) mass is 426 g/mol. The Balaban J connectivity index is 1.88. The van der Waals surface area contributed by atoms with Crippen LogP contribution in [0, 0.1) is 24.0 Å². The van der Waals surface area contributed by atoms with E-state index in [1.807, 2.05) is 0 Å². The second kappa shape index (κ2) is 17.1. The lowest BCUT2D eigenvalue weighted by atomic mass is 9.82. The Morgan fingerprint density at radius 2 is 1.42 bits per heavy atom. The number of hydrogen-bond donors (Lipinski definition) is 1. The van der Waals surface area contributed by atoms with Gasteiger partial charge in [0.15, 0.2) is 0 Å². The van der Waals surface area contributed by atoms with Crippen molar-refractivity contribution in [1.82, 2.24) is 0 Å². The molecule has 0 amide bonds. The van der Waals surface area contributed by atoms with Crippen molar-refractivity contribution in [3.8, 4) is 6.26 Å². The highest BCUT2D eigenvalue weighted by Crippen LogP contribution is 2.29. The van der Waals surface area contributed by atoms with Crippen LogP contribution in [0.1, 0.15) is 122 Å². The summed E-state index contributed by atoms with van der Waals surface area (Å²) in [6.07, 6.45) is 34.9. The predicted octanol–water partition coefficient (Wildman–Crippen LogP) is 9.20. The Hall–Kier alpha value is -1.45. The quantitative estimate of drug-likeness (QED) is 0.271. The van der Waals surface area contributed by atoms with Crippen LogP contribution in [0.3, 0.4) is 0 Å². The Labute approximate surface area is 192 Å². The van der Waals surface area contributed by atoms with Crippen molar-refractivity contribution in [3.05, 3.63) is 34.9 Å². The van der Waals surface area contributed by atoms with Gasteiger partial charge in [-0.25, -0.2) is 0 Å². The smallest absolute Gasteiger partial charge is 0.408 e. The Kier molecular flexibility index (Phi) is 14.3. The number of hydrogen-bond acceptors (Lipinski definition) is 1. The van der Waals surface area contributed by atoms with Crippen LogP contribution in [0.25, 0.3) is 4.85 Å². The minimum absolute atomic E-state index is 0.283. The fourth-order valence-corrected chi connectivity index (χ4v) is 5.33. The van der Waals surface area contributed by atoms with E-state index in [2.05, 4.69) is 48.1 Å². The van der Waals surface area contributed by atoms with Crippen molar-refractivity contribution in [2.24, 2.45) is 17.8 Å². The maximum Gasteiger partial charge on any atom is 0.511 e. The third kappa shape index (κ3) is 12.2. The molecule has 31 heavy (non-hydrogen) atoms. The molecule has 174 valence electrons. The summed E-state index contributed by atoms with van der Waals surface area (Å²) < 4.78 is 0. The molecule has 1 N–H and O–H groups in total. The van der Waals surface area contributed by atoms with E-state index in [0.717, 1.165) is 31.1 Å². The average Bonchev–Trinajstić information content (AvgIpc) is 2.75. The van der Waals surface area contributed by atoms with Gasteiger partial charge in [0.2, 0.25) is 0 Å². The van der Waals surface area contributed by atoms with Crippen molar-refractivity contribution < 1.29 is 5.11 Å². The molecular formula is C29H48NO+. The zero-order chi connectivity index (χ0) is 22.0. The van der Waals surface area contributed by atoms with Gasteiger partial charge in [0.25, 0.3) is 6.04 Å². The third-order valence-corrected chi connectivity index (χ3v) is 7.49. The van der Waals surface area contributed by atoms with Gasteiger partial charge >= 0.3 is 6.26 Å². The molecule has 1 saturated carbocycles. The normalized spacial score (nSPS) is 28.9. The summed E-state index contributed by atoms with van der Waals surface area (Å²) in [6, 6.07) is 0.283. The van der Waals surface area contributed by atoms with E-state index in [0.29, 0.717) is 5.92 Å². The molecule has 0 aromatic carbocycles. The van der Waals surface area contributed by atoms with Gasteiger partial charge in [-0.2, -0.15) is 0 Å². The average molecular weight is 427 g/mol. The van der Waals surface area contributed by atoms with E-state index >= 15 is 0 Å². The van der Waals surface area contributed by atoms with E-state index in [4.69, 9.17) is 5.11 Å². The number of aliphatic hydroxyl groups excluding tert-OH is 1. The molecular weight excluding hydrogens is 378 g/mol. The molecule has 0 saturated heterocycles. The Morgan fingerprint density at radius 3 is 2.19 bits per heavy atom. The van der Waals surface area contributed by atoms with Crippen molar-refractivity contribution in [1.29, 1.82) is 0 Å². The first kappa shape index (κ1) is 25.8. The molecule has 0 aliphatic heterocycles. The molecule has 2 aliphatic rings. The second-order valence-corrected chi connectivity index (χ2v) is 10.1. The van der Waals surface area contributed by atoms with E-state index in [1.54, 1.807) is 0 Å². The Morgan fingerprint density at radius 1 is 0.806 bits per heavy atom. The zero-order valence-electron chi connectivity index (χ0n) is 20.2. The molecule has 2 nitrogen and oxygen atoms in total. The Bertz CT molecular complexity index is 604. The molecule has 2 aliphatic carbocycles. The predicted molar refractivity (Wildman–Crippen MR) is 134 cm³/mol. The fraction of sp³-hybridized carbons (Fsp3) is 0.793. The van der Waals surface area contributed by atoms with Gasteiger partial charge in [-0.15, -0.1) is 5.73 Å². The van der Waals surface area contributed by atoms with Gasteiger partial charge in [0.1, 0.15) is 0 Å². The van der Waals surface area contributed by atoms with Gasteiger partial charge in [-0.3, -0.25) is 0 Å². The SMILES string of the molecule is CC(C=CC1CCC=C=CCCCCCC1)C1CCCCCCC([N+]#CO)CCCC1. The molecule has 0 bridgehead atoms. The largest absolute Gasteiger partial charge is 0.511 e. The molecule has 2 heteroatoms. The van der Waals surface area contributed by atoms with Gasteiger partial charge in [0.05, 0.1) is 0 Å². The lowest BCUT2D eigenvalue weighted by Gasteiger charge is -2.23. The molecule has 0 aromatic rings. The topological polar surface area (TPSA) is 24.6 Å². The molecule has 1 fully saturated rings. The molecule has 0 spiro atoms. The maximum absolute atomic E-state index is 8.95. The third-order valence-electron chi connectivity index (χ3n) is 7.49. The van der Waals surface area contributed by atoms with E-state index in [-0.39, 0.29) is 6.04 Å². The van der Waals surface area contributed by atoms with Crippen LogP contribution in [0.5, 0.6) is 0 Å². The standard InChI is InChI=1S/C29H47NO/c1-26(23-24-27-17-11-7-5-3-2-4-6-8-12-18-27)28-19-13-9-10-14-21-29(30-25-31)22-16-15-20-28/h3,7,23-24,26-29H,2,4,6,8-22H2,1H3/p+1. The van der Waals surface area contributed by atoms with Gasteiger partial charge in [-0.1, -0.05) is 64.0 Å². The molecule has 4 atom stereocenters. The first-order valence-corrected chi connectivity index (χ1v) is 13.5. The van der Waals surface area contributed by atoms with Crippen LogP contribution in [-0.2, 0) is 0 Å². The first-order valence-electron chi connectivity index (χ1n) is 13.5. The van der Waals surface area contributed by atoms with E-state index in [9.17, 15) is 0 Å². The van der Waals surface area contributed by atoms with Crippen LogP contribution in [0.4, 0.5) is 0 Å². The minimum Gasteiger partial charge on any atom is -0.408 e. The first-order chi connectivity index (χ1) is 15.3. The van der Waals surface area contributed by atoms with Crippen LogP contribution in [0.2, 0.25) is 0 Å². The lowest BCUT2D eigenvalue weighted by molar-refractivity contribution is 0.330. The molecule has 0 radical (unpaired) electrons. The summed E-state index contributed by atoms with van der Waals surface area (Å²) in [4.78, 5) is 4.17. The molecule has 2 rings (SSSR count). The summed E-state index contributed by atoms with van der Waals surface area (Å²) in [5, 5.41) is 8.95. The summed E-state index contributed by atoms with van der Waals surface area (Å²) in [5.41, 5.74) is 3.39. The molecule has 4 unspecified atom stereocenters. The number of rotatable bonds is 3. The van der Waals surface area contributed by atoms with Gasteiger partial charge < -0.3 is 5.11 Å². The minimum atomic E-state index is 0.283. The van der Waals surface area contributed by atoms with Gasteiger partial charge in [0, 0.05) is 12.8 Å². The summed E-state index contributed by atoms with van der Waals surface area (Å²) in [6.45, 7) is 2.46. The van der Waals surface area contributed by atoms with Crippen molar-refractivity contribution >= 4 is 0 Å². The lowest BCUT2D eigenvalue weighted by Crippen LogP contribution is -2.12. The molecule has 0 heterocycles. The highest BCUT2D eigenvalue weighted by molar-refractivity contribution is 4.96. The van der Waals surface area contributed by atoms with Gasteiger partial charge in [-0.05, 0) is 92.5 Å². The zero-order valence-corrected chi connectivity index (χ0v) is 20.2. The van der Waals surface area contributed by atoms with Crippen molar-refractivity contribution in [2.75, 3.05) is 0 Å². The highest BCUT2D eigenvalue weighted by atomic mass is 16.2. The number of allylic oxidation sites excluding steroid dienone is 3. The summed E-state index contributed by atoms with van der Waals surface area (Å²) in [5.74, 6) is 2.23.